The monoisotopic (exact) mass is 331 g/mol. The average Bonchev–Trinajstić information content (AvgIpc) is 2.93. The summed E-state index contributed by atoms with van der Waals surface area (Å²) >= 11 is 0. The molecule has 2 N–H and O–H groups in total. The summed E-state index contributed by atoms with van der Waals surface area (Å²) in [6, 6.07) is 15.7. The molecule has 2 heterocycles. The van der Waals surface area contributed by atoms with Crippen molar-refractivity contribution in [2.24, 2.45) is 5.41 Å². The zero-order valence-electron chi connectivity index (χ0n) is 14.5. The highest BCUT2D eigenvalue weighted by Gasteiger charge is 2.35. The fourth-order valence-corrected chi connectivity index (χ4v) is 3.55. The number of fused-ring (bicyclic) bond motifs is 1. The summed E-state index contributed by atoms with van der Waals surface area (Å²) in [5.41, 5.74) is 5.26. The summed E-state index contributed by atoms with van der Waals surface area (Å²) in [5.74, 6) is 0.183. The Morgan fingerprint density at radius 2 is 1.80 bits per heavy atom. The summed E-state index contributed by atoms with van der Waals surface area (Å²) in [5, 5.41) is 3.44. The summed E-state index contributed by atoms with van der Waals surface area (Å²) in [7, 11) is 0. The van der Waals surface area contributed by atoms with Crippen LogP contribution in [0.2, 0.25) is 0 Å². The largest absolute Gasteiger partial charge is 0.355 e. The van der Waals surface area contributed by atoms with E-state index in [0.717, 1.165) is 40.4 Å². The first-order valence-electron chi connectivity index (χ1n) is 8.55. The minimum absolute atomic E-state index is 0.0274. The Morgan fingerprint density at radius 1 is 1.04 bits per heavy atom. The highest BCUT2D eigenvalue weighted by Crippen LogP contribution is 2.42. The normalized spacial score (nSPS) is 15.7. The first-order chi connectivity index (χ1) is 12.0. The van der Waals surface area contributed by atoms with Crippen LogP contribution in [0.15, 0.2) is 54.7 Å². The van der Waals surface area contributed by atoms with E-state index in [1.54, 1.807) is 6.20 Å². The molecule has 0 aliphatic heterocycles. The number of carbonyl (C=O) groups excluding carboxylic acids is 1. The molecular weight excluding hydrogens is 310 g/mol. The van der Waals surface area contributed by atoms with Crippen LogP contribution in [0, 0.1) is 5.41 Å². The molecule has 2 aromatic heterocycles. The number of aromatic nitrogens is 2. The van der Waals surface area contributed by atoms with E-state index in [-0.39, 0.29) is 11.2 Å². The van der Waals surface area contributed by atoms with Gasteiger partial charge in [-0.2, -0.15) is 0 Å². The lowest BCUT2D eigenvalue weighted by Gasteiger charge is -2.28. The topological polar surface area (TPSA) is 57.8 Å². The zero-order valence-corrected chi connectivity index (χ0v) is 14.5. The highest BCUT2D eigenvalue weighted by atomic mass is 16.1. The van der Waals surface area contributed by atoms with E-state index in [1.165, 1.54) is 0 Å². The molecule has 4 heteroatoms. The van der Waals surface area contributed by atoms with Crippen LogP contribution >= 0.6 is 0 Å². The van der Waals surface area contributed by atoms with Gasteiger partial charge in [0.05, 0.1) is 22.6 Å². The van der Waals surface area contributed by atoms with E-state index in [1.807, 2.05) is 48.5 Å². The van der Waals surface area contributed by atoms with Crippen molar-refractivity contribution < 1.29 is 4.79 Å². The summed E-state index contributed by atoms with van der Waals surface area (Å²) in [6.45, 7) is 4.28. The number of hydrogen-bond donors (Lipinski definition) is 2. The van der Waals surface area contributed by atoms with Crippen molar-refractivity contribution >= 4 is 17.2 Å². The molecule has 1 aromatic carbocycles. The number of ketones is 1. The third kappa shape index (κ3) is 2.95. The van der Waals surface area contributed by atoms with E-state index in [4.69, 9.17) is 0 Å². The quantitative estimate of drug-likeness (QED) is 0.712. The Morgan fingerprint density at radius 3 is 2.52 bits per heavy atom. The fourth-order valence-electron chi connectivity index (χ4n) is 3.55. The lowest BCUT2D eigenvalue weighted by Crippen LogP contribution is -2.26. The first-order valence-corrected chi connectivity index (χ1v) is 8.55. The second-order valence-corrected chi connectivity index (χ2v) is 7.38. The molecule has 4 rings (SSSR count). The van der Waals surface area contributed by atoms with Crippen molar-refractivity contribution in [1.29, 1.82) is 0 Å². The SMILES string of the molecule is CC1(C)CC(=O)c2c([nH]c(-c3ccccn3)c2Nc2ccccc2)C1. The minimum Gasteiger partial charge on any atom is -0.355 e. The number of para-hydroxylation sites is 1. The highest BCUT2D eigenvalue weighted by molar-refractivity contribution is 6.07. The summed E-state index contributed by atoms with van der Waals surface area (Å²) < 4.78 is 0. The molecule has 0 bridgehead atoms. The molecule has 0 unspecified atom stereocenters. The lowest BCUT2D eigenvalue weighted by atomic mass is 9.76. The van der Waals surface area contributed by atoms with Gasteiger partial charge in [0.25, 0.3) is 0 Å². The van der Waals surface area contributed by atoms with Gasteiger partial charge in [-0.15, -0.1) is 0 Å². The summed E-state index contributed by atoms with van der Waals surface area (Å²) in [6.07, 6.45) is 3.18. The number of pyridine rings is 1. The van der Waals surface area contributed by atoms with Crippen LogP contribution in [0.25, 0.3) is 11.4 Å². The van der Waals surface area contributed by atoms with Crippen molar-refractivity contribution in [3.05, 3.63) is 66.0 Å². The maximum Gasteiger partial charge on any atom is 0.167 e. The molecule has 0 atom stereocenters. The average molecular weight is 331 g/mol. The Kier molecular flexibility index (Phi) is 3.68. The first kappa shape index (κ1) is 15.6. The number of benzene rings is 1. The Labute approximate surface area is 147 Å². The molecule has 4 nitrogen and oxygen atoms in total. The molecule has 0 amide bonds. The van der Waals surface area contributed by atoms with Gasteiger partial charge in [0, 0.05) is 24.0 Å². The van der Waals surface area contributed by atoms with Crippen LogP contribution < -0.4 is 5.32 Å². The number of nitrogens with one attached hydrogen (secondary N) is 2. The van der Waals surface area contributed by atoms with Crippen molar-refractivity contribution in [3.63, 3.8) is 0 Å². The maximum absolute atomic E-state index is 12.9. The number of H-pyrrole nitrogens is 1. The number of aromatic amines is 1. The van der Waals surface area contributed by atoms with Crippen LogP contribution in [-0.2, 0) is 6.42 Å². The molecule has 0 radical (unpaired) electrons. The molecule has 1 aliphatic carbocycles. The van der Waals surface area contributed by atoms with Gasteiger partial charge < -0.3 is 10.3 Å². The van der Waals surface area contributed by atoms with Crippen molar-refractivity contribution in [2.45, 2.75) is 26.7 Å². The number of rotatable bonds is 3. The molecule has 0 saturated heterocycles. The second-order valence-electron chi connectivity index (χ2n) is 7.38. The lowest BCUT2D eigenvalue weighted by molar-refractivity contribution is 0.0912. The third-order valence-electron chi connectivity index (χ3n) is 4.62. The smallest absolute Gasteiger partial charge is 0.167 e. The predicted octanol–water partition coefficient (Wildman–Crippen LogP) is 4.98. The molecule has 1 aliphatic rings. The van der Waals surface area contributed by atoms with E-state index in [9.17, 15) is 4.79 Å². The summed E-state index contributed by atoms with van der Waals surface area (Å²) in [4.78, 5) is 20.8. The second kappa shape index (κ2) is 5.88. The zero-order chi connectivity index (χ0) is 17.4. The number of hydrogen-bond acceptors (Lipinski definition) is 3. The van der Waals surface area contributed by atoms with Crippen LogP contribution in [0.5, 0.6) is 0 Å². The van der Waals surface area contributed by atoms with Crippen LogP contribution in [0.3, 0.4) is 0 Å². The van der Waals surface area contributed by atoms with Gasteiger partial charge in [-0.3, -0.25) is 9.78 Å². The van der Waals surface area contributed by atoms with Gasteiger partial charge in [0.15, 0.2) is 5.78 Å². The van der Waals surface area contributed by atoms with Gasteiger partial charge >= 0.3 is 0 Å². The maximum atomic E-state index is 12.9. The van der Waals surface area contributed by atoms with Crippen molar-refractivity contribution in [3.8, 4) is 11.4 Å². The fraction of sp³-hybridized carbons (Fsp3) is 0.238. The third-order valence-corrected chi connectivity index (χ3v) is 4.62. The number of nitrogens with zero attached hydrogens (tertiary/aromatic N) is 1. The number of anilines is 2. The predicted molar refractivity (Wildman–Crippen MR) is 100 cm³/mol. The Hall–Kier alpha value is -2.88. The Bertz CT molecular complexity index is 911. The van der Waals surface area contributed by atoms with E-state index in [0.29, 0.717) is 6.42 Å². The Balaban J connectivity index is 1.88. The molecule has 0 fully saturated rings. The minimum atomic E-state index is -0.0274. The molecule has 0 spiro atoms. The van der Waals surface area contributed by atoms with Crippen LogP contribution in [0.4, 0.5) is 11.4 Å². The molecule has 3 aromatic rings. The van der Waals surface area contributed by atoms with Crippen molar-refractivity contribution in [1.82, 2.24) is 9.97 Å². The number of carbonyl (C=O) groups is 1. The van der Waals surface area contributed by atoms with Gasteiger partial charge in [0.2, 0.25) is 0 Å². The van der Waals surface area contributed by atoms with Gasteiger partial charge in [-0.25, -0.2) is 0 Å². The van der Waals surface area contributed by atoms with Gasteiger partial charge in [-0.05, 0) is 36.1 Å². The van der Waals surface area contributed by atoms with Gasteiger partial charge in [0.1, 0.15) is 0 Å². The molecular formula is C21H21N3O. The molecule has 0 saturated carbocycles. The van der Waals surface area contributed by atoms with Crippen LogP contribution in [0.1, 0.15) is 36.3 Å². The molecule has 126 valence electrons. The van der Waals surface area contributed by atoms with Gasteiger partial charge in [-0.1, -0.05) is 38.1 Å². The van der Waals surface area contributed by atoms with E-state index in [2.05, 4.69) is 29.1 Å². The molecule has 25 heavy (non-hydrogen) atoms. The standard InChI is InChI=1S/C21H21N3O/c1-21(2)12-16-18(17(25)13-21)20(23-14-8-4-3-5-9-14)19(24-16)15-10-6-7-11-22-15/h3-11,23-24H,12-13H2,1-2H3. The van der Waals surface area contributed by atoms with E-state index >= 15 is 0 Å². The number of Topliss-reactive ketones (excluding diaryl/α,β-unsaturated/α-hetero) is 1. The van der Waals surface area contributed by atoms with E-state index < -0.39 is 0 Å². The van der Waals surface area contributed by atoms with Crippen LogP contribution in [-0.4, -0.2) is 15.8 Å². The van der Waals surface area contributed by atoms with Crippen molar-refractivity contribution in [2.75, 3.05) is 5.32 Å².